The van der Waals surface area contributed by atoms with Gasteiger partial charge in [-0.15, -0.1) is 0 Å². The van der Waals surface area contributed by atoms with Crippen LogP contribution in [0.15, 0.2) is 18.3 Å². The highest BCUT2D eigenvalue weighted by Gasteiger charge is 2.06. The average Bonchev–Trinajstić information content (AvgIpc) is 2.17. The summed E-state index contributed by atoms with van der Waals surface area (Å²) in [7, 11) is 3.39. The normalized spacial score (nSPS) is 9.57. The van der Waals surface area contributed by atoms with Gasteiger partial charge in [-0.25, -0.2) is 4.98 Å². The first-order valence-electron chi connectivity index (χ1n) is 4.26. The zero-order chi connectivity index (χ0) is 10.6. The van der Waals surface area contributed by atoms with Crippen molar-refractivity contribution in [3.05, 3.63) is 18.3 Å². The second kappa shape index (κ2) is 4.45. The number of anilines is 2. The molecule has 1 amide bonds. The summed E-state index contributed by atoms with van der Waals surface area (Å²) < 4.78 is 0. The fourth-order valence-corrected chi connectivity index (χ4v) is 1.02. The van der Waals surface area contributed by atoms with E-state index in [9.17, 15) is 4.79 Å². The van der Waals surface area contributed by atoms with Gasteiger partial charge >= 0.3 is 0 Å². The number of nitrogens with zero attached hydrogens (tertiary/aromatic N) is 2. The number of carbonyl (C=O) groups excluding carboxylic acids is 1. The third-order valence-electron chi connectivity index (χ3n) is 1.82. The highest BCUT2D eigenvalue weighted by Crippen LogP contribution is 2.11. The van der Waals surface area contributed by atoms with Gasteiger partial charge in [0, 0.05) is 32.0 Å². The first-order chi connectivity index (χ1) is 6.63. The van der Waals surface area contributed by atoms with Crippen LogP contribution in [0.4, 0.5) is 11.5 Å². The number of hydrogen-bond acceptors (Lipinski definition) is 4. The van der Waals surface area contributed by atoms with Crippen molar-refractivity contribution in [3.63, 3.8) is 0 Å². The van der Waals surface area contributed by atoms with Crippen LogP contribution in [0.3, 0.4) is 0 Å². The van der Waals surface area contributed by atoms with Gasteiger partial charge in [-0.2, -0.15) is 0 Å². The van der Waals surface area contributed by atoms with E-state index in [4.69, 9.17) is 5.73 Å². The molecular formula is C9H14N4O. The molecule has 5 nitrogen and oxygen atoms in total. The van der Waals surface area contributed by atoms with Crippen LogP contribution in [0.25, 0.3) is 0 Å². The number of nitrogens with two attached hydrogens (primary N) is 1. The summed E-state index contributed by atoms with van der Waals surface area (Å²) in [6, 6.07) is 3.43. The van der Waals surface area contributed by atoms with E-state index in [0.717, 1.165) is 0 Å². The predicted molar refractivity (Wildman–Crippen MR) is 56.0 cm³/mol. The van der Waals surface area contributed by atoms with Crippen molar-refractivity contribution in [2.75, 3.05) is 31.3 Å². The Bertz CT molecular complexity index is 326. The molecule has 0 atom stereocenters. The summed E-state index contributed by atoms with van der Waals surface area (Å²) in [5.74, 6) is 0.630. The van der Waals surface area contributed by atoms with E-state index >= 15 is 0 Å². The number of rotatable bonds is 3. The molecule has 0 aromatic carbocycles. The largest absolute Gasteiger partial charge is 0.399 e. The first kappa shape index (κ1) is 10.3. The molecule has 1 heterocycles. The number of nitrogen functional groups attached to an aromatic ring is 1. The van der Waals surface area contributed by atoms with E-state index in [0.29, 0.717) is 11.5 Å². The molecule has 1 aromatic rings. The van der Waals surface area contributed by atoms with E-state index in [1.807, 2.05) is 0 Å². The third kappa shape index (κ3) is 2.62. The second-order valence-electron chi connectivity index (χ2n) is 2.98. The molecule has 0 bridgehead atoms. The summed E-state index contributed by atoms with van der Waals surface area (Å²) in [6.45, 7) is 0.271. The van der Waals surface area contributed by atoms with Gasteiger partial charge < -0.3 is 16.0 Å². The van der Waals surface area contributed by atoms with Crippen LogP contribution < -0.4 is 16.0 Å². The second-order valence-corrected chi connectivity index (χ2v) is 2.98. The summed E-state index contributed by atoms with van der Waals surface area (Å²) >= 11 is 0. The van der Waals surface area contributed by atoms with Gasteiger partial charge in [-0.1, -0.05) is 0 Å². The lowest BCUT2D eigenvalue weighted by Crippen LogP contribution is -2.33. The Morgan fingerprint density at radius 2 is 2.43 bits per heavy atom. The molecule has 0 aliphatic carbocycles. The molecule has 0 unspecified atom stereocenters. The molecule has 0 spiro atoms. The van der Waals surface area contributed by atoms with Crippen molar-refractivity contribution >= 4 is 17.4 Å². The highest BCUT2D eigenvalue weighted by molar-refractivity contribution is 5.80. The standard InChI is InChI=1S/C9H14N4O/c1-11-9(14)6-13(2)8-5-7(10)3-4-12-8/h3-5H,6H2,1-2H3,(H2,10,12)(H,11,14). The van der Waals surface area contributed by atoms with Crippen molar-refractivity contribution in [1.82, 2.24) is 10.3 Å². The molecule has 0 fully saturated rings. The van der Waals surface area contributed by atoms with E-state index in [1.165, 1.54) is 0 Å². The Kier molecular flexibility index (Phi) is 3.28. The van der Waals surface area contributed by atoms with Crippen LogP contribution in [0.2, 0.25) is 0 Å². The molecule has 0 saturated heterocycles. The molecule has 1 aromatic heterocycles. The van der Waals surface area contributed by atoms with E-state index in [-0.39, 0.29) is 12.5 Å². The smallest absolute Gasteiger partial charge is 0.239 e. The van der Waals surface area contributed by atoms with Gasteiger partial charge in [0.15, 0.2) is 0 Å². The Balaban J connectivity index is 2.69. The fraction of sp³-hybridized carbons (Fsp3) is 0.333. The maximum Gasteiger partial charge on any atom is 0.239 e. The van der Waals surface area contributed by atoms with Crippen LogP contribution in [0.1, 0.15) is 0 Å². The lowest BCUT2D eigenvalue weighted by atomic mass is 10.4. The molecule has 1 rings (SSSR count). The molecular weight excluding hydrogens is 180 g/mol. The molecule has 0 saturated carbocycles. The fourth-order valence-electron chi connectivity index (χ4n) is 1.02. The average molecular weight is 194 g/mol. The van der Waals surface area contributed by atoms with Gasteiger partial charge in [-0.05, 0) is 6.07 Å². The molecule has 76 valence electrons. The monoisotopic (exact) mass is 194 g/mol. The SMILES string of the molecule is CNC(=O)CN(C)c1cc(N)ccn1. The summed E-state index contributed by atoms with van der Waals surface area (Å²) in [5.41, 5.74) is 6.23. The van der Waals surface area contributed by atoms with Crippen LogP contribution >= 0.6 is 0 Å². The van der Waals surface area contributed by atoms with Crippen molar-refractivity contribution in [3.8, 4) is 0 Å². The van der Waals surface area contributed by atoms with E-state index < -0.39 is 0 Å². The molecule has 3 N–H and O–H groups in total. The number of amides is 1. The quantitative estimate of drug-likeness (QED) is 0.701. The number of carbonyl (C=O) groups is 1. The van der Waals surface area contributed by atoms with Crippen LogP contribution in [0, 0.1) is 0 Å². The van der Waals surface area contributed by atoms with Crippen molar-refractivity contribution < 1.29 is 4.79 Å². The number of nitrogens with one attached hydrogen (secondary N) is 1. The summed E-state index contributed by atoms with van der Waals surface area (Å²) in [5, 5.41) is 2.54. The first-order valence-corrected chi connectivity index (χ1v) is 4.26. The predicted octanol–water partition coefficient (Wildman–Crippen LogP) is -0.154. The Morgan fingerprint density at radius 3 is 3.00 bits per heavy atom. The Morgan fingerprint density at radius 1 is 1.71 bits per heavy atom. The number of likely N-dealkylation sites (N-methyl/N-ethyl adjacent to an activating group) is 2. The van der Waals surface area contributed by atoms with Crippen molar-refractivity contribution in [2.45, 2.75) is 0 Å². The molecule has 14 heavy (non-hydrogen) atoms. The molecule has 0 radical (unpaired) electrons. The molecule has 0 aliphatic heterocycles. The number of aromatic nitrogens is 1. The summed E-state index contributed by atoms with van der Waals surface area (Å²) in [4.78, 5) is 16.9. The minimum atomic E-state index is -0.0586. The Hall–Kier alpha value is -1.78. The molecule has 0 aliphatic rings. The van der Waals surface area contributed by atoms with Gasteiger partial charge in [0.1, 0.15) is 5.82 Å². The maximum atomic E-state index is 11.1. The lowest BCUT2D eigenvalue weighted by molar-refractivity contribution is -0.119. The van der Waals surface area contributed by atoms with E-state index in [1.54, 1.807) is 37.3 Å². The molecule has 5 heteroatoms. The van der Waals surface area contributed by atoms with Gasteiger partial charge in [-0.3, -0.25) is 4.79 Å². The van der Waals surface area contributed by atoms with Crippen LogP contribution in [-0.4, -0.2) is 31.5 Å². The number of pyridine rings is 1. The Labute approximate surface area is 82.9 Å². The number of hydrogen-bond donors (Lipinski definition) is 2. The van der Waals surface area contributed by atoms with Gasteiger partial charge in [0.25, 0.3) is 0 Å². The zero-order valence-electron chi connectivity index (χ0n) is 8.32. The van der Waals surface area contributed by atoms with Crippen LogP contribution in [0.5, 0.6) is 0 Å². The van der Waals surface area contributed by atoms with E-state index in [2.05, 4.69) is 10.3 Å². The van der Waals surface area contributed by atoms with Crippen LogP contribution in [-0.2, 0) is 4.79 Å². The van der Waals surface area contributed by atoms with Crippen molar-refractivity contribution in [2.24, 2.45) is 0 Å². The minimum absolute atomic E-state index is 0.0586. The topological polar surface area (TPSA) is 71.2 Å². The van der Waals surface area contributed by atoms with Gasteiger partial charge in [0.05, 0.1) is 6.54 Å². The van der Waals surface area contributed by atoms with Crippen molar-refractivity contribution in [1.29, 1.82) is 0 Å². The van der Waals surface area contributed by atoms with Gasteiger partial charge in [0.2, 0.25) is 5.91 Å². The maximum absolute atomic E-state index is 11.1. The summed E-state index contributed by atoms with van der Waals surface area (Å²) in [6.07, 6.45) is 1.62. The minimum Gasteiger partial charge on any atom is -0.399 e. The third-order valence-corrected chi connectivity index (χ3v) is 1.82. The lowest BCUT2D eigenvalue weighted by Gasteiger charge is -2.16. The zero-order valence-corrected chi connectivity index (χ0v) is 8.32. The highest BCUT2D eigenvalue weighted by atomic mass is 16.1.